The lowest BCUT2D eigenvalue weighted by Crippen LogP contribution is -2.19. The predicted molar refractivity (Wildman–Crippen MR) is 110 cm³/mol. The molecule has 0 amide bonds. The lowest BCUT2D eigenvalue weighted by Gasteiger charge is -2.13. The van der Waals surface area contributed by atoms with Gasteiger partial charge in [0.25, 0.3) is 0 Å². The van der Waals surface area contributed by atoms with E-state index in [1.54, 1.807) is 12.1 Å². The quantitative estimate of drug-likeness (QED) is 0.585. The third-order valence-electron chi connectivity index (χ3n) is 4.31. The van der Waals surface area contributed by atoms with Crippen molar-refractivity contribution in [2.75, 3.05) is 27.2 Å². The van der Waals surface area contributed by atoms with E-state index < -0.39 is 0 Å². The fraction of sp³-hybridized carbons (Fsp3) is 0.391. The van der Waals surface area contributed by atoms with E-state index in [1.807, 2.05) is 38.4 Å². The van der Waals surface area contributed by atoms with Gasteiger partial charge in [0.15, 0.2) is 0 Å². The van der Waals surface area contributed by atoms with E-state index in [2.05, 4.69) is 30.0 Å². The Kier molecular flexibility index (Phi) is 8.23. The van der Waals surface area contributed by atoms with Crippen LogP contribution >= 0.6 is 0 Å². The van der Waals surface area contributed by atoms with Crippen LogP contribution in [0, 0.1) is 0 Å². The minimum Gasteiger partial charge on any atom is -0.508 e. The summed E-state index contributed by atoms with van der Waals surface area (Å²) in [5, 5.41) is 9.57. The summed E-state index contributed by atoms with van der Waals surface area (Å²) >= 11 is 0. The molecule has 3 nitrogen and oxygen atoms in total. The highest BCUT2D eigenvalue weighted by Crippen LogP contribution is 2.27. The van der Waals surface area contributed by atoms with Crippen LogP contribution in [0.2, 0.25) is 0 Å². The van der Waals surface area contributed by atoms with Gasteiger partial charge in [0, 0.05) is 6.54 Å². The Labute approximate surface area is 157 Å². The molecule has 0 aliphatic carbocycles. The summed E-state index contributed by atoms with van der Waals surface area (Å²) in [7, 11) is 4.08. The Morgan fingerprint density at radius 2 is 1.58 bits per heavy atom. The summed E-state index contributed by atoms with van der Waals surface area (Å²) in [6.07, 6.45) is 7.04. The Bertz CT molecular complexity index is 672. The molecule has 3 heteroatoms. The molecule has 0 aromatic heterocycles. The summed E-state index contributed by atoms with van der Waals surface area (Å²) < 4.78 is 5.79. The zero-order valence-corrected chi connectivity index (χ0v) is 16.2. The van der Waals surface area contributed by atoms with Crippen LogP contribution in [0.15, 0.2) is 54.6 Å². The predicted octanol–water partition coefficient (Wildman–Crippen LogP) is 5.34. The van der Waals surface area contributed by atoms with Crippen molar-refractivity contribution in [3.05, 3.63) is 65.7 Å². The van der Waals surface area contributed by atoms with Crippen molar-refractivity contribution in [1.82, 2.24) is 4.90 Å². The first-order valence-corrected chi connectivity index (χ1v) is 9.47. The van der Waals surface area contributed by atoms with Crippen LogP contribution in [-0.2, 0) is 0 Å². The number of ether oxygens (including phenoxy) is 1. The molecule has 0 unspecified atom stereocenters. The molecule has 0 atom stereocenters. The Morgan fingerprint density at radius 3 is 2.15 bits per heavy atom. The number of phenolic OH excluding ortho intramolecular Hbond substituents is 1. The van der Waals surface area contributed by atoms with Crippen molar-refractivity contribution in [2.45, 2.75) is 32.6 Å². The molecule has 0 fully saturated rings. The molecule has 2 rings (SSSR count). The topological polar surface area (TPSA) is 32.7 Å². The third-order valence-corrected chi connectivity index (χ3v) is 4.31. The smallest absolute Gasteiger partial charge is 0.119 e. The summed E-state index contributed by atoms with van der Waals surface area (Å²) in [5.41, 5.74) is 3.51. The van der Waals surface area contributed by atoms with E-state index in [4.69, 9.17) is 4.74 Å². The number of allylic oxidation sites excluding steroid dienone is 1. The molecular weight excluding hydrogens is 322 g/mol. The number of phenols is 1. The van der Waals surface area contributed by atoms with E-state index in [-0.39, 0.29) is 0 Å². The first-order valence-electron chi connectivity index (χ1n) is 9.47. The molecule has 0 radical (unpaired) electrons. The first-order chi connectivity index (χ1) is 12.6. The standard InChI is InChI=1S/C23H31NO2/c1-4-5-6-7-8-23(19-9-13-21(25)14-10-19)20-11-15-22(16-12-20)26-18-17-24(2)3/h8-16,25H,4-7,17-18H2,1-3H3/b23-8+. The molecule has 0 saturated heterocycles. The minimum atomic E-state index is 0.295. The van der Waals surface area contributed by atoms with E-state index in [9.17, 15) is 5.11 Å². The Morgan fingerprint density at radius 1 is 0.962 bits per heavy atom. The lowest BCUT2D eigenvalue weighted by molar-refractivity contribution is 0.261. The van der Waals surface area contributed by atoms with Gasteiger partial charge >= 0.3 is 0 Å². The number of rotatable bonds is 10. The highest BCUT2D eigenvalue weighted by molar-refractivity contribution is 5.80. The van der Waals surface area contributed by atoms with Crippen molar-refractivity contribution in [2.24, 2.45) is 0 Å². The third kappa shape index (κ3) is 6.57. The fourth-order valence-electron chi connectivity index (χ4n) is 2.76. The molecular formula is C23H31NO2. The highest BCUT2D eigenvalue weighted by Gasteiger charge is 2.06. The lowest BCUT2D eigenvalue weighted by atomic mass is 9.96. The number of benzene rings is 2. The molecule has 0 aliphatic heterocycles. The van der Waals surface area contributed by atoms with Crippen molar-refractivity contribution in [3.8, 4) is 11.5 Å². The van der Waals surface area contributed by atoms with Gasteiger partial charge in [0.1, 0.15) is 18.1 Å². The molecule has 140 valence electrons. The van der Waals surface area contributed by atoms with E-state index in [1.165, 1.54) is 30.4 Å². The number of hydrogen-bond acceptors (Lipinski definition) is 3. The average molecular weight is 354 g/mol. The number of unbranched alkanes of at least 4 members (excludes halogenated alkanes) is 3. The zero-order valence-electron chi connectivity index (χ0n) is 16.2. The Balaban J connectivity index is 2.14. The van der Waals surface area contributed by atoms with Crippen LogP contribution in [0.3, 0.4) is 0 Å². The summed E-state index contributed by atoms with van der Waals surface area (Å²) in [5.74, 6) is 1.19. The maximum Gasteiger partial charge on any atom is 0.119 e. The maximum absolute atomic E-state index is 9.57. The van der Waals surface area contributed by atoms with Crippen LogP contribution in [0.25, 0.3) is 5.57 Å². The average Bonchev–Trinajstić information content (AvgIpc) is 2.63. The molecule has 0 bridgehead atoms. The van der Waals surface area contributed by atoms with Crippen LogP contribution < -0.4 is 4.74 Å². The molecule has 0 aliphatic rings. The van der Waals surface area contributed by atoms with Gasteiger partial charge in [-0.3, -0.25) is 0 Å². The highest BCUT2D eigenvalue weighted by atomic mass is 16.5. The van der Waals surface area contributed by atoms with Gasteiger partial charge in [-0.05, 0) is 67.9 Å². The van der Waals surface area contributed by atoms with Crippen LogP contribution in [0.5, 0.6) is 11.5 Å². The van der Waals surface area contributed by atoms with Gasteiger partial charge in [0.05, 0.1) is 0 Å². The Hall–Kier alpha value is -2.26. The minimum absolute atomic E-state index is 0.295. The largest absolute Gasteiger partial charge is 0.508 e. The van der Waals surface area contributed by atoms with Gasteiger partial charge in [0.2, 0.25) is 0 Å². The maximum atomic E-state index is 9.57. The van der Waals surface area contributed by atoms with Gasteiger partial charge in [-0.1, -0.05) is 50.1 Å². The molecule has 0 spiro atoms. The van der Waals surface area contributed by atoms with Crippen molar-refractivity contribution in [1.29, 1.82) is 0 Å². The number of aromatic hydroxyl groups is 1. The number of nitrogens with zero attached hydrogens (tertiary/aromatic N) is 1. The van der Waals surface area contributed by atoms with Gasteiger partial charge in [-0.25, -0.2) is 0 Å². The molecule has 26 heavy (non-hydrogen) atoms. The van der Waals surface area contributed by atoms with Crippen molar-refractivity contribution >= 4 is 5.57 Å². The monoisotopic (exact) mass is 353 g/mol. The van der Waals surface area contributed by atoms with Gasteiger partial charge in [-0.2, -0.15) is 0 Å². The van der Waals surface area contributed by atoms with Crippen molar-refractivity contribution < 1.29 is 9.84 Å². The summed E-state index contributed by atoms with van der Waals surface area (Å²) in [6.45, 7) is 3.81. The molecule has 0 heterocycles. The second-order valence-electron chi connectivity index (χ2n) is 6.84. The van der Waals surface area contributed by atoms with Gasteiger partial charge < -0.3 is 14.7 Å². The molecule has 0 saturated carbocycles. The van der Waals surface area contributed by atoms with E-state index in [0.29, 0.717) is 12.4 Å². The van der Waals surface area contributed by atoms with Gasteiger partial charge in [-0.15, -0.1) is 0 Å². The second-order valence-corrected chi connectivity index (χ2v) is 6.84. The number of likely N-dealkylation sites (N-methyl/N-ethyl adjacent to an activating group) is 1. The zero-order chi connectivity index (χ0) is 18.8. The first kappa shape index (κ1) is 20.1. The van der Waals surface area contributed by atoms with E-state index in [0.717, 1.165) is 24.3 Å². The van der Waals surface area contributed by atoms with Crippen LogP contribution in [0.1, 0.15) is 43.7 Å². The summed E-state index contributed by atoms with van der Waals surface area (Å²) in [6, 6.07) is 15.7. The molecule has 2 aromatic rings. The normalized spacial score (nSPS) is 11.8. The summed E-state index contributed by atoms with van der Waals surface area (Å²) in [4.78, 5) is 2.11. The molecule has 1 N–H and O–H groups in total. The van der Waals surface area contributed by atoms with Crippen LogP contribution in [0.4, 0.5) is 0 Å². The van der Waals surface area contributed by atoms with Crippen molar-refractivity contribution in [3.63, 3.8) is 0 Å². The van der Waals surface area contributed by atoms with Crippen LogP contribution in [-0.4, -0.2) is 37.3 Å². The fourth-order valence-corrected chi connectivity index (χ4v) is 2.76. The number of hydrogen-bond donors (Lipinski definition) is 1. The SMILES string of the molecule is CCCCC/C=C(\c1ccc(O)cc1)c1ccc(OCCN(C)C)cc1. The molecule has 2 aromatic carbocycles. The second kappa shape index (κ2) is 10.7. The van der Waals surface area contributed by atoms with E-state index >= 15 is 0 Å².